The van der Waals surface area contributed by atoms with Gasteiger partial charge in [0, 0.05) is 31.9 Å². The second-order valence-corrected chi connectivity index (χ2v) is 5.72. The standard InChI is InChI=1S/C20H21N2.HI/c1-21(2)18-12-9-16(10-13-18)8-11-17-14-15-22(3)20-7-5-4-6-19(17)20;/h4-15H,1-3H3;1H/q+1;/p-1. The molecule has 0 saturated carbocycles. The highest BCUT2D eigenvalue weighted by Gasteiger charge is 2.06. The first kappa shape index (κ1) is 17.5. The Bertz CT molecular complexity index is 821. The molecule has 1 heterocycles. The first-order chi connectivity index (χ1) is 10.6. The highest BCUT2D eigenvalue weighted by Crippen LogP contribution is 2.19. The predicted octanol–water partition coefficient (Wildman–Crippen LogP) is 0.905. The summed E-state index contributed by atoms with van der Waals surface area (Å²) in [6, 6.07) is 19.2. The molecule has 0 aliphatic heterocycles. The molecule has 0 N–H and O–H groups in total. The molecule has 0 radical (unpaired) electrons. The monoisotopic (exact) mass is 416 g/mol. The highest BCUT2D eigenvalue weighted by atomic mass is 127. The minimum absolute atomic E-state index is 0. The molecule has 3 aromatic rings. The number of hydrogen-bond donors (Lipinski definition) is 0. The van der Waals surface area contributed by atoms with E-state index < -0.39 is 0 Å². The van der Waals surface area contributed by atoms with Gasteiger partial charge in [0.25, 0.3) is 0 Å². The lowest BCUT2D eigenvalue weighted by atomic mass is 10.1. The summed E-state index contributed by atoms with van der Waals surface area (Å²) in [6.45, 7) is 0. The molecule has 3 heteroatoms. The van der Waals surface area contributed by atoms with Gasteiger partial charge >= 0.3 is 0 Å². The Labute approximate surface area is 155 Å². The van der Waals surface area contributed by atoms with E-state index in [1.165, 1.54) is 27.7 Å². The van der Waals surface area contributed by atoms with Gasteiger partial charge in [-0.3, -0.25) is 0 Å². The number of aryl methyl sites for hydroxylation is 1. The van der Waals surface area contributed by atoms with E-state index in [0.717, 1.165) is 0 Å². The first-order valence-corrected chi connectivity index (χ1v) is 7.48. The predicted molar refractivity (Wildman–Crippen MR) is 94.8 cm³/mol. The van der Waals surface area contributed by atoms with Crippen molar-refractivity contribution in [3.05, 3.63) is 71.9 Å². The van der Waals surface area contributed by atoms with Crippen molar-refractivity contribution >= 4 is 28.7 Å². The van der Waals surface area contributed by atoms with Gasteiger partial charge in [-0.05, 0) is 29.3 Å². The molecule has 0 spiro atoms. The average molecular weight is 416 g/mol. The normalized spacial score (nSPS) is 10.7. The minimum Gasteiger partial charge on any atom is -1.00 e. The first-order valence-electron chi connectivity index (χ1n) is 7.48. The Morgan fingerprint density at radius 1 is 0.870 bits per heavy atom. The summed E-state index contributed by atoms with van der Waals surface area (Å²) in [5.41, 5.74) is 4.91. The van der Waals surface area contributed by atoms with Crippen LogP contribution in [0, 0.1) is 0 Å². The Balaban J connectivity index is 0.00000192. The quantitative estimate of drug-likeness (QED) is 0.455. The number of benzene rings is 2. The second-order valence-electron chi connectivity index (χ2n) is 5.72. The lowest BCUT2D eigenvalue weighted by Gasteiger charge is -2.11. The van der Waals surface area contributed by atoms with Crippen LogP contribution in [0.1, 0.15) is 11.1 Å². The van der Waals surface area contributed by atoms with Crippen LogP contribution < -0.4 is 33.4 Å². The van der Waals surface area contributed by atoms with E-state index in [2.05, 4.69) is 104 Å². The summed E-state index contributed by atoms with van der Waals surface area (Å²) in [5, 5.41) is 1.27. The maximum atomic E-state index is 2.19. The topological polar surface area (TPSA) is 7.12 Å². The molecule has 0 atom stereocenters. The molecule has 0 aliphatic rings. The molecule has 0 aliphatic carbocycles. The number of rotatable bonds is 3. The molecule has 0 bridgehead atoms. The van der Waals surface area contributed by atoms with Gasteiger partial charge in [-0.15, -0.1) is 0 Å². The Morgan fingerprint density at radius 3 is 2.26 bits per heavy atom. The summed E-state index contributed by atoms with van der Waals surface area (Å²) in [6.07, 6.45) is 6.46. The van der Waals surface area contributed by atoms with Gasteiger partial charge in [-0.25, -0.2) is 4.57 Å². The van der Waals surface area contributed by atoms with Crippen molar-refractivity contribution in [2.45, 2.75) is 0 Å². The van der Waals surface area contributed by atoms with E-state index in [9.17, 15) is 0 Å². The lowest BCUT2D eigenvalue weighted by molar-refractivity contribution is -0.644. The number of hydrogen-bond acceptors (Lipinski definition) is 1. The van der Waals surface area contributed by atoms with Crippen LogP contribution in [0.15, 0.2) is 60.8 Å². The molecule has 1 aromatic heterocycles. The Kier molecular flexibility index (Phi) is 5.77. The largest absolute Gasteiger partial charge is 1.00 e. The number of anilines is 1. The van der Waals surface area contributed by atoms with Crippen molar-refractivity contribution in [2.24, 2.45) is 7.05 Å². The van der Waals surface area contributed by atoms with E-state index >= 15 is 0 Å². The summed E-state index contributed by atoms with van der Waals surface area (Å²) in [5.74, 6) is 0. The Hall–Kier alpha value is -1.88. The summed E-state index contributed by atoms with van der Waals surface area (Å²) in [7, 11) is 6.19. The summed E-state index contributed by atoms with van der Waals surface area (Å²) < 4.78 is 2.15. The maximum Gasteiger partial charge on any atom is 0.212 e. The Morgan fingerprint density at radius 2 is 1.57 bits per heavy atom. The van der Waals surface area contributed by atoms with Crippen molar-refractivity contribution < 1.29 is 28.5 Å². The molecule has 3 rings (SSSR count). The van der Waals surface area contributed by atoms with Gasteiger partial charge in [0.2, 0.25) is 5.52 Å². The number of nitrogens with zero attached hydrogens (tertiary/aromatic N) is 2. The second kappa shape index (κ2) is 7.59. The fourth-order valence-electron chi connectivity index (χ4n) is 2.60. The molecular formula is C20H21IN2. The minimum atomic E-state index is 0. The van der Waals surface area contributed by atoms with E-state index in [1.807, 2.05) is 0 Å². The van der Waals surface area contributed by atoms with Gasteiger partial charge in [-0.2, -0.15) is 0 Å². The van der Waals surface area contributed by atoms with E-state index in [1.54, 1.807) is 0 Å². The van der Waals surface area contributed by atoms with Crippen molar-refractivity contribution in [3.8, 4) is 0 Å². The molecule has 0 amide bonds. The van der Waals surface area contributed by atoms with Gasteiger partial charge in [0.15, 0.2) is 6.20 Å². The zero-order valence-corrected chi connectivity index (χ0v) is 15.9. The highest BCUT2D eigenvalue weighted by molar-refractivity contribution is 5.88. The number of para-hydroxylation sites is 1. The van der Waals surface area contributed by atoms with Crippen molar-refractivity contribution in [3.63, 3.8) is 0 Å². The molecular weight excluding hydrogens is 395 g/mol. The van der Waals surface area contributed by atoms with Gasteiger partial charge < -0.3 is 28.9 Å². The third kappa shape index (κ3) is 3.91. The van der Waals surface area contributed by atoms with Crippen molar-refractivity contribution in [1.82, 2.24) is 0 Å². The van der Waals surface area contributed by atoms with Gasteiger partial charge in [-0.1, -0.05) is 36.4 Å². The van der Waals surface area contributed by atoms with E-state index in [-0.39, 0.29) is 24.0 Å². The van der Waals surface area contributed by atoms with E-state index in [4.69, 9.17) is 0 Å². The van der Waals surface area contributed by atoms with Crippen LogP contribution in [-0.4, -0.2) is 14.1 Å². The van der Waals surface area contributed by atoms with Gasteiger partial charge in [0.1, 0.15) is 7.05 Å². The number of aromatic nitrogens is 1. The van der Waals surface area contributed by atoms with Crippen LogP contribution >= 0.6 is 0 Å². The van der Waals surface area contributed by atoms with Crippen LogP contribution in [0.25, 0.3) is 23.1 Å². The van der Waals surface area contributed by atoms with Crippen molar-refractivity contribution in [1.29, 1.82) is 0 Å². The summed E-state index contributed by atoms with van der Waals surface area (Å²) in [4.78, 5) is 2.11. The van der Waals surface area contributed by atoms with Crippen LogP contribution in [-0.2, 0) is 7.05 Å². The van der Waals surface area contributed by atoms with Crippen LogP contribution in [0.2, 0.25) is 0 Å². The molecule has 2 nitrogen and oxygen atoms in total. The van der Waals surface area contributed by atoms with Crippen molar-refractivity contribution in [2.75, 3.05) is 19.0 Å². The fraction of sp³-hybridized carbons (Fsp3) is 0.150. The molecule has 0 unspecified atom stereocenters. The van der Waals surface area contributed by atoms with Gasteiger partial charge in [0.05, 0.1) is 5.39 Å². The third-order valence-corrected chi connectivity index (χ3v) is 3.94. The van der Waals surface area contributed by atoms with Crippen LogP contribution in [0.5, 0.6) is 0 Å². The molecule has 2 aromatic carbocycles. The SMILES string of the molecule is CN(C)c1ccc(C=Cc2cc[n+](C)c3ccccc23)cc1.[I-]. The third-order valence-electron chi connectivity index (χ3n) is 3.94. The molecule has 0 fully saturated rings. The number of pyridine rings is 1. The molecule has 118 valence electrons. The zero-order valence-electron chi connectivity index (χ0n) is 13.7. The fourth-order valence-corrected chi connectivity index (χ4v) is 2.60. The lowest BCUT2D eigenvalue weighted by Crippen LogP contribution is -3.00. The number of fused-ring (bicyclic) bond motifs is 1. The van der Waals surface area contributed by atoms with Crippen LogP contribution in [0.4, 0.5) is 5.69 Å². The maximum absolute atomic E-state index is 2.19. The molecule has 0 saturated heterocycles. The molecule has 23 heavy (non-hydrogen) atoms. The smallest absolute Gasteiger partial charge is 0.212 e. The number of halogens is 1. The summed E-state index contributed by atoms with van der Waals surface area (Å²) >= 11 is 0. The average Bonchev–Trinajstić information content (AvgIpc) is 2.55. The zero-order chi connectivity index (χ0) is 15.5. The van der Waals surface area contributed by atoms with Crippen LogP contribution in [0.3, 0.4) is 0 Å². The van der Waals surface area contributed by atoms with E-state index in [0.29, 0.717) is 0 Å².